The molecule has 0 saturated heterocycles. The first-order valence-electron chi connectivity index (χ1n) is 12.5. The summed E-state index contributed by atoms with van der Waals surface area (Å²) in [6.45, 7) is 9.40. The molecule has 4 N–H and O–H groups in total. The molecule has 1 aliphatic carbocycles. The van der Waals surface area contributed by atoms with Crippen LogP contribution in [0.2, 0.25) is 0 Å². The van der Waals surface area contributed by atoms with Gasteiger partial charge in [-0.2, -0.15) is 4.98 Å². The van der Waals surface area contributed by atoms with Gasteiger partial charge in [0.1, 0.15) is 17.0 Å². The molecule has 35 heavy (non-hydrogen) atoms. The maximum absolute atomic E-state index is 11.8. The Morgan fingerprint density at radius 1 is 1.17 bits per heavy atom. The third-order valence-corrected chi connectivity index (χ3v) is 7.03. The van der Waals surface area contributed by atoms with Crippen molar-refractivity contribution in [2.75, 3.05) is 12.3 Å². The minimum Gasteiger partial charge on any atom is -0.463 e. The lowest BCUT2D eigenvalue weighted by Gasteiger charge is -2.32. The summed E-state index contributed by atoms with van der Waals surface area (Å²) in [6, 6.07) is 8.64. The maximum Gasteiger partial charge on any atom is 0.251 e. The zero-order chi connectivity index (χ0) is 25.4. The molecule has 4 rings (SSSR count). The first-order valence-corrected chi connectivity index (χ1v) is 12.5. The molecule has 1 saturated carbocycles. The fourth-order valence-electron chi connectivity index (χ4n) is 4.99. The third kappa shape index (κ3) is 5.64. The van der Waals surface area contributed by atoms with Crippen LogP contribution in [-0.2, 0) is 4.79 Å². The van der Waals surface area contributed by atoms with Gasteiger partial charge in [0.15, 0.2) is 11.5 Å². The van der Waals surface area contributed by atoms with E-state index in [1.807, 2.05) is 13.8 Å². The largest absolute Gasteiger partial charge is 0.463 e. The third-order valence-electron chi connectivity index (χ3n) is 7.03. The first kappa shape index (κ1) is 25.1. The summed E-state index contributed by atoms with van der Waals surface area (Å²) in [5, 5.41) is 12.6. The number of ether oxygens (including phenoxy) is 1. The van der Waals surface area contributed by atoms with Gasteiger partial charge in [0.2, 0.25) is 5.88 Å². The number of nitrogens with zero attached hydrogens (tertiary/aromatic N) is 3. The molecule has 2 aliphatic rings. The maximum atomic E-state index is 11.8. The van der Waals surface area contributed by atoms with Crippen LogP contribution in [0.25, 0.3) is 0 Å². The van der Waals surface area contributed by atoms with E-state index < -0.39 is 11.2 Å². The minimum absolute atomic E-state index is 0.309. The molecular formula is C27H37N5O3. The molecule has 0 atom stereocenters. The highest BCUT2D eigenvalue weighted by Crippen LogP contribution is 2.40. The van der Waals surface area contributed by atoms with Crippen molar-refractivity contribution >= 4 is 23.1 Å². The van der Waals surface area contributed by atoms with Crippen molar-refractivity contribution in [1.29, 1.82) is 0 Å². The van der Waals surface area contributed by atoms with Crippen molar-refractivity contribution in [3.8, 4) is 5.88 Å². The second-order valence-electron chi connectivity index (χ2n) is 10.8. The number of amides is 1. The Hall–Kier alpha value is -3.00. The van der Waals surface area contributed by atoms with Crippen molar-refractivity contribution in [3.05, 3.63) is 41.2 Å². The summed E-state index contributed by atoms with van der Waals surface area (Å²) in [5.41, 5.74) is 7.79. The van der Waals surface area contributed by atoms with Crippen LogP contribution < -0.4 is 15.8 Å². The van der Waals surface area contributed by atoms with E-state index in [1.54, 1.807) is 6.92 Å². The zero-order valence-corrected chi connectivity index (χ0v) is 21.4. The van der Waals surface area contributed by atoms with Crippen molar-refractivity contribution in [1.82, 2.24) is 15.3 Å². The highest BCUT2D eigenvalue weighted by Gasteiger charge is 2.35. The van der Waals surface area contributed by atoms with Gasteiger partial charge >= 0.3 is 0 Å². The number of hydrogen-bond acceptors (Lipinski definition) is 7. The van der Waals surface area contributed by atoms with Crippen molar-refractivity contribution in [3.63, 3.8) is 0 Å². The van der Waals surface area contributed by atoms with E-state index >= 15 is 0 Å². The number of aryl methyl sites for hydroxylation is 1. The predicted molar refractivity (Wildman–Crippen MR) is 137 cm³/mol. The Morgan fingerprint density at radius 2 is 1.83 bits per heavy atom. The topological polar surface area (TPSA) is 123 Å². The van der Waals surface area contributed by atoms with Gasteiger partial charge in [0.05, 0.1) is 5.71 Å². The van der Waals surface area contributed by atoms with Gasteiger partial charge in [-0.1, -0.05) is 24.3 Å². The number of aliphatic imine (C=N–C) groups is 1. The number of fused-ring (bicyclic) bond motifs is 1. The lowest BCUT2D eigenvalue weighted by atomic mass is 9.77. The summed E-state index contributed by atoms with van der Waals surface area (Å²) in [5.74, 6) is 2.16. The van der Waals surface area contributed by atoms with Crippen molar-refractivity contribution in [2.24, 2.45) is 10.9 Å². The summed E-state index contributed by atoms with van der Waals surface area (Å²) < 4.78 is 6.17. The highest BCUT2D eigenvalue weighted by molar-refractivity contribution is 6.09. The van der Waals surface area contributed by atoms with Crippen LogP contribution in [0.4, 0.5) is 11.5 Å². The van der Waals surface area contributed by atoms with E-state index in [0.29, 0.717) is 41.6 Å². The van der Waals surface area contributed by atoms with Crippen LogP contribution in [0.5, 0.6) is 5.88 Å². The smallest absolute Gasteiger partial charge is 0.251 e. The average Bonchev–Trinajstić information content (AvgIpc) is 2.78. The number of benzene rings is 1. The van der Waals surface area contributed by atoms with E-state index in [4.69, 9.17) is 15.5 Å². The second-order valence-corrected chi connectivity index (χ2v) is 10.8. The Balaban J connectivity index is 1.38. The Kier molecular flexibility index (Phi) is 6.86. The number of nitrogens with two attached hydrogens (primary N) is 1. The van der Waals surface area contributed by atoms with Gasteiger partial charge in [-0.25, -0.2) is 9.98 Å². The monoisotopic (exact) mass is 479 g/mol. The number of nitrogen functional groups attached to an aromatic ring is 1. The molecule has 0 bridgehead atoms. The van der Waals surface area contributed by atoms with Crippen LogP contribution in [0.1, 0.15) is 82.7 Å². The molecule has 0 spiro atoms. The lowest BCUT2D eigenvalue weighted by Crippen LogP contribution is -2.42. The van der Waals surface area contributed by atoms with Gasteiger partial charge in [0.25, 0.3) is 5.91 Å². The van der Waals surface area contributed by atoms with E-state index in [1.165, 1.54) is 19.4 Å². The van der Waals surface area contributed by atoms with Crippen molar-refractivity contribution in [2.45, 2.75) is 83.8 Å². The number of aliphatic hydroxyl groups is 1. The Labute approximate surface area is 207 Å². The molecule has 1 aromatic carbocycles. The van der Waals surface area contributed by atoms with E-state index in [9.17, 15) is 9.90 Å². The van der Waals surface area contributed by atoms with Crippen LogP contribution >= 0.6 is 0 Å². The molecule has 8 heteroatoms. The molecule has 1 aliphatic heterocycles. The Morgan fingerprint density at radius 3 is 2.46 bits per heavy atom. The highest BCUT2D eigenvalue weighted by atomic mass is 16.5. The predicted octanol–water partition coefficient (Wildman–Crippen LogP) is 4.21. The molecule has 1 aromatic heterocycles. The van der Waals surface area contributed by atoms with Crippen LogP contribution in [0, 0.1) is 12.8 Å². The van der Waals surface area contributed by atoms with E-state index in [-0.39, 0.29) is 5.91 Å². The normalized spacial score (nSPS) is 21.5. The molecule has 188 valence electrons. The van der Waals surface area contributed by atoms with Gasteiger partial charge in [-0.3, -0.25) is 4.79 Å². The van der Waals surface area contributed by atoms with Gasteiger partial charge in [-0.05, 0) is 84.1 Å². The number of hydrogen-bond donors (Lipinski definition) is 3. The number of anilines is 1. The van der Waals surface area contributed by atoms with Crippen molar-refractivity contribution < 1.29 is 14.6 Å². The number of carbonyl (C=O) groups is 1. The minimum atomic E-state index is -1.32. The molecule has 0 radical (unpaired) electrons. The lowest BCUT2D eigenvalue weighted by molar-refractivity contribution is -0.136. The molecule has 0 unspecified atom stereocenters. The molecule has 2 heterocycles. The summed E-state index contributed by atoms with van der Waals surface area (Å²) in [6.07, 6.45) is 5.52. The summed E-state index contributed by atoms with van der Waals surface area (Å²) >= 11 is 0. The SMILES string of the molecule is Cc1nc(N)c2c(n1)OC(C)(C)C(c1ccc([C@H]3CC[C@H](CCNC(=O)C(C)(C)O)CC3)cc1)=N2. The van der Waals surface area contributed by atoms with Gasteiger partial charge in [0, 0.05) is 12.1 Å². The molecular weight excluding hydrogens is 442 g/mol. The van der Waals surface area contributed by atoms with Crippen LogP contribution in [0.3, 0.4) is 0 Å². The summed E-state index contributed by atoms with van der Waals surface area (Å²) in [7, 11) is 0. The first-order chi connectivity index (χ1) is 16.4. The van der Waals surface area contributed by atoms with Gasteiger partial charge in [-0.15, -0.1) is 0 Å². The quantitative estimate of drug-likeness (QED) is 0.570. The molecule has 1 fully saturated rings. The fraction of sp³-hybridized carbons (Fsp3) is 0.556. The second kappa shape index (κ2) is 9.57. The van der Waals surface area contributed by atoms with Crippen LogP contribution in [0.15, 0.2) is 29.3 Å². The zero-order valence-electron chi connectivity index (χ0n) is 21.4. The standard InChI is InChI=1S/C27H37N5O3/c1-16-30-23(28)21-24(31-16)35-27(4,5)22(32-21)20-12-10-19(11-13-20)18-8-6-17(7-9-18)14-15-29-25(33)26(2,3)34/h10-13,17-18,34H,6-9,14-15H2,1-5H3,(H,29,33)(H2,28,30,31)/t17-,18-. The van der Waals surface area contributed by atoms with E-state index in [2.05, 4.69) is 39.6 Å². The Bertz CT molecular complexity index is 1110. The average molecular weight is 480 g/mol. The summed E-state index contributed by atoms with van der Waals surface area (Å²) in [4.78, 5) is 25.2. The van der Waals surface area contributed by atoms with Gasteiger partial charge < -0.3 is 20.9 Å². The molecule has 1 amide bonds. The number of rotatable bonds is 6. The number of carbonyl (C=O) groups excluding carboxylic acids is 1. The molecule has 8 nitrogen and oxygen atoms in total. The van der Waals surface area contributed by atoms with E-state index in [0.717, 1.165) is 43.4 Å². The molecule has 2 aromatic rings. The fourth-order valence-corrected chi connectivity index (χ4v) is 4.99. The number of aromatic nitrogens is 2. The number of nitrogens with one attached hydrogen (secondary N) is 1. The van der Waals surface area contributed by atoms with Crippen LogP contribution in [-0.4, -0.2) is 44.4 Å².